The third kappa shape index (κ3) is 2.90. The number of furan rings is 1. The van der Waals surface area contributed by atoms with Crippen LogP contribution in [0.3, 0.4) is 0 Å². The van der Waals surface area contributed by atoms with Crippen LogP contribution in [0.4, 0.5) is 0 Å². The van der Waals surface area contributed by atoms with Crippen molar-refractivity contribution in [2.24, 2.45) is 0 Å². The quantitative estimate of drug-likeness (QED) is 0.232. The summed E-state index contributed by atoms with van der Waals surface area (Å²) in [5.41, 5.74) is 6.82. The normalized spacial score (nSPS) is 12.0. The Morgan fingerprint density at radius 3 is 2.15 bits per heavy atom. The largest absolute Gasteiger partial charge is 0.456 e. The first kappa shape index (κ1) is 21.5. The molecule has 3 heterocycles. The zero-order chi connectivity index (χ0) is 26.2. The molecular weight excluding hydrogens is 490 g/mol. The first-order valence-electron chi connectivity index (χ1n) is 13.4. The molecule has 0 amide bonds. The van der Waals surface area contributed by atoms with E-state index in [9.17, 15) is 0 Å². The number of hydrogen-bond acceptors (Lipinski definition) is 3. The summed E-state index contributed by atoms with van der Waals surface area (Å²) in [6, 6.07) is 44.1. The molecule has 0 bridgehead atoms. The van der Waals surface area contributed by atoms with Crippen LogP contribution in [0.15, 0.2) is 132 Å². The second-order valence-electron chi connectivity index (χ2n) is 10.2. The van der Waals surface area contributed by atoms with E-state index in [1.807, 2.05) is 30.3 Å². The van der Waals surface area contributed by atoms with Crippen LogP contribution in [0.25, 0.3) is 82.6 Å². The highest BCUT2D eigenvalue weighted by molar-refractivity contribution is 6.30. The topological polar surface area (TPSA) is 43.9 Å². The zero-order valence-corrected chi connectivity index (χ0v) is 21.4. The van der Waals surface area contributed by atoms with Gasteiger partial charge in [0.1, 0.15) is 11.2 Å². The van der Waals surface area contributed by atoms with Gasteiger partial charge in [-0.15, -0.1) is 0 Å². The first-order chi connectivity index (χ1) is 19.8. The standard InChI is InChI=1S/C36H21N3O/c1-2-11-23(12-3-1)34-25-14-6-8-16-28(25)37-36(38-34)39-29-20-21-31-33(26-15-7-9-17-30(26)40-31)32(29)27-19-18-22-10-4-5-13-24(22)35(27)39/h1-21H. The molecule has 9 aromatic rings. The van der Waals surface area contributed by atoms with Crippen LogP contribution in [0.5, 0.6) is 0 Å². The van der Waals surface area contributed by atoms with Crippen molar-refractivity contribution in [3.63, 3.8) is 0 Å². The van der Waals surface area contributed by atoms with Gasteiger partial charge in [-0.2, -0.15) is 0 Å². The third-order valence-electron chi connectivity index (χ3n) is 7.99. The molecule has 4 heteroatoms. The molecule has 0 atom stereocenters. The average Bonchev–Trinajstić information content (AvgIpc) is 3.57. The van der Waals surface area contributed by atoms with Gasteiger partial charge in [0.15, 0.2) is 0 Å². The highest BCUT2D eigenvalue weighted by Crippen LogP contribution is 2.43. The fourth-order valence-electron chi connectivity index (χ4n) is 6.27. The van der Waals surface area contributed by atoms with Gasteiger partial charge in [0.05, 0.1) is 22.2 Å². The Balaban J connectivity index is 1.51. The lowest BCUT2D eigenvalue weighted by Gasteiger charge is -2.12. The SMILES string of the molecule is c1ccc(-c2nc(-n3c4ccc5oc6ccccc6c5c4c4ccc5ccccc5c43)nc3ccccc23)cc1. The maximum Gasteiger partial charge on any atom is 0.235 e. The Bertz CT molecular complexity index is 2430. The van der Waals surface area contributed by atoms with E-state index in [-0.39, 0.29) is 0 Å². The van der Waals surface area contributed by atoms with E-state index in [1.165, 1.54) is 5.39 Å². The highest BCUT2D eigenvalue weighted by atomic mass is 16.3. The molecule has 3 aromatic heterocycles. The fraction of sp³-hybridized carbons (Fsp3) is 0. The van der Waals surface area contributed by atoms with E-state index >= 15 is 0 Å². The minimum atomic E-state index is 0.654. The number of para-hydroxylation sites is 2. The van der Waals surface area contributed by atoms with E-state index in [1.54, 1.807) is 0 Å². The molecule has 186 valence electrons. The Kier molecular flexibility index (Phi) is 4.30. The monoisotopic (exact) mass is 511 g/mol. The van der Waals surface area contributed by atoms with E-state index in [2.05, 4.69) is 102 Å². The lowest BCUT2D eigenvalue weighted by atomic mass is 10.0. The maximum absolute atomic E-state index is 6.31. The fourth-order valence-corrected chi connectivity index (χ4v) is 6.27. The molecule has 6 aromatic carbocycles. The van der Waals surface area contributed by atoms with Crippen molar-refractivity contribution in [2.75, 3.05) is 0 Å². The van der Waals surface area contributed by atoms with Crippen molar-refractivity contribution in [3.8, 4) is 17.2 Å². The van der Waals surface area contributed by atoms with Crippen molar-refractivity contribution >= 4 is 65.4 Å². The number of fused-ring (bicyclic) bond motifs is 10. The summed E-state index contributed by atoms with van der Waals surface area (Å²) >= 11 is 0. The van der Waals surface area contributed by atoms with Crippen molar-refractivity contribution in [2.45, 2.75) is 0 Å². The van der Waals surface area contributed by atoms with Crippen molar-refractivity contribution in [1.82, 2.24) is 14.5 Å². The van der Waals surface area contributed by atoms with Gasteiger partial charge >= 0.3 is 0 Å². The van der Waals surface area contributed by atoms with Crippen LogP contribution < -0.4 is 0 Å². The second-order valence-corrected chi connectivity index (χ2v) is 10.2. The van der Waals surface area contributed by atoms with Crippen LogP contribution in [-0.2, 0) is 0 Å². The van der Waals surface area contributed by atoms with Gasteiger partial charge in [0.2, 0.25) is 5.95 Å². The van der Waals surface area contributed by atoms with Gasteiger partial charge in [-0.1, -0.05) is 103 Å². The minimum absolute atomic E-state index is 0.654. The Hall–Kier alpha value is -5.48. The molecule has 0 aliphatic carbocycles. The molecule has 0 unspecified atom stereocenters. The van der Waals surface area contributed by atoms with E-state index in [0.29, 0.717) is 5.95 Å². The summed E-state index contributed by atoms with van der Waals surface area (Å²) in [6.07, 6.45) is 0. The van der Waals surface area contributed by atoms with Crippen LogP contribution >= 0.6 is 0 Å². The summed E-state index contributed by atoms with van der Waals surface area (Å²) in [6.45, 7) is 0. The van der Waals surface area contributed by atoms with E-state index in [4.69, 9.17) is 14.4 Å². The minimum Gasteiger partial charge on any atom is -0.456 e. The summed E-state index contributed by atoms with van der Waals surface area (Å²) in [5.74, 6) is 0.654. The van der Waals surface area contributed by atoms with E-state index < -0.39 is 0 Å². The molecular formula is C36H21N3O. The molecule has 0 N–H and O–H groups in total. The van der Waals surface area contributed by atoms with Crippen LogP contribution in [-0.4, -0.2) is 14.5 Å². The van der Waals surface area contributed by atoms with Crippen molar-refractivity contribution < 1.29 is 4.42 Å². The molecule has 9 rings (SSSR count). The predicted octanol–water partition coefficient (Wildman–Crippen LogP) is 9.45. The highest BCUT2D eigenvalue weighted by Gasteiger charge is 2.22. The smallest absolute Gasteiger partial charge is 0.235 e. The van der Waals surface area contributed by atoms with Gasteiger partial charge in [0.25, 0.3) is 0 Å². The molecule has 0 saturated heterocycles. The number of rotatable bonds is 2. The Morgan fingerprint density at radius 1 is 0.500 bits per heavy atom. The summed E-state index contributed by atoms with van der Waals surface area (Å²) in [5, 5.41) is 7.92. The van der Waals surface area contributed by atoms with Crippen molar-refractivity contribution in [3.05, 3.63) is 127 Å². The predicted molar refractivity (Wildman–Crippen MR) is 164 cm³/mol. The lowest BCUT2D eigenvalue weighted by molar-refractivity contribution is 0.669. The van der Waals surface area contributed by atoms with Crippen LogP contribution in [0.1, 0.15) is 0 Å². The third-order valence-corrected chi connectivity index (χ3v) is 7.99. The van der Waals surface area contributed by atoms with Gasteiger partial charge in [-0.3, -0.25) is 4.57 Å². The molecule has 0 aliphatic rings. The molecule has 0 fully saturated rings. The lowest BCUT2D eigenvalue weighted by Crippen LogP contribution is -2.03. The van der Waals surface area contributed by atoms with Crippen molar-refractivity contribution in [1.29, 1.82) is 0 Å². The molecule has 4 nitrogen and oxygen atoms in total. The molecule has 0 saturated carbocycles. The molecule has 40 heavy (non-hydrogen) atoms. The first-order valence-corrected chi connectivity index (χ1v) is 13.4. The number of aromatic nitrogens is 3. The second kappa shape index (κ2) is 8.01. The molecule has 0 spiro atoms. The molecule has 0 aliphatic heterocycles. The van der Waals surface area contributed by atoms with Gasteiger partial charge < -0.3 is 4.42 Å². The van der Waals surface area contributed by atoms with Gasteiger partial charge in [-0.25, -0.2) is 9.97 Å². The number of benzene rings is 6. The molecule has 0 radical (unpaired) electrons. The summed E-state index contributed by atoms with van der Waals surface area (Å²) < 4.78 is 8.55. The van der Waals surface area contributed by atoms with Gasteiger partial charge in [-0.05, 0) is 29.7 Å². The number of nitrogens with zero attached hydrogens (tertiary/aromatic N) is 3. The maximum atomic E-state index is 6.31. The summed E-state index contributed by atoms with van der Waals surface area (Å²) in [4.78, 5) is 10.4. The van der Waals surface area contributed by atoms with Crippen LogP contribution in [0, 0.1) is 0 Å². The number of hydrogen-bond donors (Lipinski definition) is 0. The Labute approximate surface area is 228 Å². The average molecular weight is 512 g/mol. The Morgan fingerprint density at radius 2 is 1.25 bits per heavy atom. The van der Waals surface area contributed by atoms with Gasteiger partial charge in [0, 0.05) is 37.9 Å². The summed E-state index contributed by atoms with van der Waals surface area (Å²) in [7, 11) is 0. The zero-order valence-electron chi connectivity index (χ0n) is 21.4. The van der Waals surface area contributed by atoms with Crippen LogP contribution in [0.2, 0.25) is 0 Å². The van der Waals surface area contributed by atoms with E-state index in [0.717, 1.165) is 71.3 Å².